The minimum absolute atomic E-state index is 0.0312. The molecule has 0 atom stereocenters. The van der Waals surface area contributed by atoms with Crippen molar-refractivity contribution in [1.82, 2.24) is 9.88 Å². The number of carbonyl (C=O) groups is 2. The van der Waals surface area contributed by atoms with Crippen molar-refractivity contribution in [3.63, 3.8) is 0 Å². The van der Waals surface area contributed by atoms with Gasteiger partial charge >= 0.3 is 5.97 Å². The number of hydrogen-bond donors (Lipinski definition) is 1. The number of unbranched alkanes of at least 4 members (excludes halogenated alkanes) is 1. The first kappa shape index (κ1) is 19.4. The molecule has 0 aliphatic carbocycles. The molecule has 0 radical (unpaired) electrons. The van der Waals surface area contributed by atoms with Crippen molar-refractivity contribution in [1.29, 1.82) is 0 Å². The zero-order valence-electron chi connectivity index (χ0n) is 15.5. The highest BCUT2D eigenvalue weighted by atomic mass is 16.5. The molecule has 1 aromatic carbocycles. The van der Waals surface area contributed by atoms with Gasteiger partial charge in [0.25, 0.3) is 5.91 Å². The molecule has 0 saturated carbocycles. The lowest BCUT2D eigenvalue weighted by Gasteiger charge is -2.16. The molecule has 1 amide bonds. The van der Waals surface area contributed by atoms with Crippen LogP contribution < -0.4 is 5.32 Å². The summed E-state index contributed by atoms with van der Waals surface area (Å²) in [5.74, 6) is 0.255. The van der Waals surface area contributed by atoms with Gasteiger partial charge in [0.15, 0.2) is 0 Å². The molecule has 0 aliphatic heterocycles. The van der Waals surface area contributed by atoms with Gasteiger partial charge in [-0.15, -0.1) is 0 Å². The van der Waals surface area contributed by atoms with Crippen molar-refractivity contribution >= 4 is 23.4 Å². The number of hydrogen-bond acceptors (Lipinski definition) is 5. The largest absolute Gasteiger partial charge is 0.462 e. The van der Waals surface area contributed by atoms with Crippen LogP contribution in [0.3, 0.4) is 0 Å². The Morgan fingerprint density at radius 3 is 2.35 bits per heavy atom. The second-order valence-electron chi connectivity index (χ2n) is 5.94. The SMILES string of the molecule is CCCCN(C)C(=O)c1ccc(Nc2ccc(C(=O)OCC)cc2)nc1. The Hall–Kier alpha value is -2.89. The fourth-order valence-corrected chi connectivity index (χ4v) is 2.36. The fraction of sp³-hybridized carbons (Fsp3) is 0.350. The van der Waals surface area contributed by atoms with E-state index in [1.165, 1.54) is 0 Å². The third kappa shape index (κ3) is 5.31. The quantitative estimate of drug-likeness (QED) is 0.728. The van der Waals surface area contributed by atoms with E-state index >= 15 is 0 Å². The van der Waals surface area contributed by atoms with E-state index in [9.17, 15) is 9.59 Å². The van der Waals surface area contributed by atoms with Crippen LogP contribution in [-0.2, 0) is 4.74 Å². The number of ether oxygens (including phenoxy) is 1. The first-order valence-corrected chi connectivity index (χ1v) is 8.80. The van der Waals surface area contributed by atoms with Gasteiger partial charge in [0, 0.05) is 25.5 Å². The number of anilines is 2. The van der Waals surface area contributed by atoms with Crippen LogP contribution in [0.15, 0.2) is 42.6 Å². The highest BCUT2D eigenvalue weighted by Gasteiger charge is 2.11. The molecule has 0 unspecified atom stereocenters. The number of amides is 1. The van der Waals surface area contributed by atoms with Crippen molar-refractivity contribution in [2.45, 2.75) is 26.7 Å². The van der Waals surface area contributed by atoms with E-state index in [0.29, 0.717) is 23.6 Å². The molecule has 1 N–H and O–H groups in total. The number of esters is 1. The third-order valence-electron chi connectivity index (χ3n) is 3.87. The molecule has 0 spiro atoms. The van der Waals surface area contributed by atoms with Gasteiger partial charge in [-0.2, -0.15) is 0 Å². The second-order valence-corrected chi connectivity index (χ2v) is 5.94. The van der Waals surface area contributed by atoms with Gasteiger partial charge in [0.05, 0.1) is 17.7 Å². The summed E-state index contributed by atoms with van der Waals surface area (Å²) in [7, 11) is 1.80. The molecule has 1 aromatic heterocycles. The first-order chi connectivity index (χ1) is 12.5. The molecule has 2 rings (SSSR count). The summed E-state index contributed by atoms with van der Waals surface area (Å²) in [5.41, 5.74) is 1.86. The number of pyridine rings is 1. The number of aromatic nitrogens is 1. The molecule has 6 heteroatoms. The molecular weight excluding hydrogens is 330 g/mol. The number of rotatable bonds is 8. The maximum atomic E-state index is 12.3. The Bertz CT molecular complexity index is 727. The predicted octanol–water partition coefficient (Wildman–Crippen LogP) is 3.87. The van der Waals surface area contributed by atoms with Crippen molar-refractivity contribution in [3.05, 3.63) is 53.7 Å². The van der Waals surface area contributed by atoms with Crippen LogP contribution in [0.4, 0.5) is 11.5 Å². The molecule has 1 heterocycles. The van der Waals surface area contributed by atoms with Gasteiger partial charge in [0.1, 0.15) is 5.82 Å². The van der Waals surface area contributed by atoms with Crippen LogP contribution in [0.5, 0.6) is 0 Å². The third-order valence-corrected chi connectivity index (χ3v) is 3.87. The lowest BCUT2D eigenvalue weighted by molar-refractivity contribution is 0.0526. The summed E-state index contributed by atoms with van der Waals surface area (Å²) in [5, 5.41) is 3.14. The number of nitrogens with one attached hydrogen (secondary N) is 1. The highest BCUT2D eigenvalue weighted by Crippen LogP contribution is 2.16. The molecular formula is C20H25N3O3. The maximum absolute atomic E-state index is 12.3. The average Bonchev–Trinajstić information content (AvgIpc) is 2.67. The Balaban J connectivity index is 1.98. The fourth-order valence-electron chi connectivity index (χ4n) is 2.36. The van der Waals surface area contributed by atoms with E-state index in [1.807, 2.05) is 0 Å². The number of nitrogens with zero attached hydrogens (tertiary/aromatic N) is 2. The second kappa shape index (κ2) is 9.56. The zero-order valence-corrected chi connectivity index (χ0v) is 15.5. The number of carbonyl (C=O) groups excluding carboxylic acids is 2. The van der Waals surface area contributed by atoms with Crippen LogP contribution in [0.1, 0.15) is 47.4 Å². The number of benzene rings is 1. The smallest absolute Gasteiger partial charge is 0.338 e. The lowest BCUT2D eigenvalue weighted by Crippen LogP contribution is -2.27. The Kier molecular flexibility index (Phi) is 7.14. The van der Waals surface area contributed by atoms with E-state index in [4.69, 9.17) is 4.74 Å². The molecule has 0 saturated heterocycles. The Labute approximate surface area is 154 Å². The standard InChI is InChI=1S/C20H25N3O3/c1-4-6-13-23(3)19(24)16-9-12-18(21-14-16)22-17-10-7-15(8-11-17)20(25)26-5-2/h7-12,14H,4-6,13H2,1-3H3,(H,21,22). The Morgan fingerprint density at radius 2 is 1.77 bits per heavy atom. The van der Waals surface area contributed by atoms with Crippen LogP contribution >= 0.6 is 0 Å². The molecule has 0 bridgehead atoms. The van der Waals surface area contributed by atoms with Crippen LogP contribution in [0, 0.1) is 0 Å². The van der Waals surface area contributed by atoms with Gasteiger partial charge in [-0.25, -0.2) is 9.78 Å². The van der Waals surface area contributed by atoms with Crippen molar-refractivity contribution in [2.24, 2.45) is 0 Å². The van der Waals surface area contributed by atoms with E-state index in [1.54, 1.807) is 61.5 Å². The maximum Gasteiger partial charge on any atom is 0.338 e. The van der Waals surface area contributed by atoms with Crippen LogP contribution in [-0.4, -0.2) is 42.0 Å². The summed E-state index contributed by atoms with van der Waals surface area (Å²) < 4.78 is 4.96. The summed E-state index contributed by atoms with van der Waals surface area (Å²) in [6.07, 6.45) is 3.60. The predicted molar refractivity (Wildman–Crippen MR) is 102 cm³/mol. The summed E-state index contributed by atoms with van der Waals surface area (Å²) >= 11 is 0. The molecule has 6 nitrogen and oxygen atoms in total. The van der Waals surface area contributed by atoms with Crippen molar-refractivity contribution in [2.75, 3.05) is 25.5 Å². The highest BCUT2D eigenvalue weighted by molar-refractivity contribution is 5.94. The minimum Gasteiger partial charge on any atom is -0.462 e. The molecule has 2 aromatic rings. The van der Waals surface area contributed by atoms with Gasteiger partial charge in [0.2, 0.25) is 0 Å². The zero-order chi connectivity index (χ0) is 18.9. The van der Waals surface area contributed by atoms with E-state index in [0.717, 1.165) is 25.1 Å². The molecule has 26 heavy (non-hydrogen) atoms. The average molecular weight is 355 g/mol. The molecule has 0 aliphatic rings. The van der Waals surface area contributed by atoms with Gasteiger partial charge in [-0.1, -0.05) is 13.3 Å². The molecule has 0 fully saturated rings. The van der Waals surface area contributed by atoms with Crippen LogP contribution in [0.25, 0.3) is 0 Å². The van der Waals surface area contributed by atoms with E-state index in [2.05, 4.69) is 17.2 Å². The summed E-state index contributed by atoms with van der Waals surface area (Å²) in [6.45, 7) is 4.96. The topological polar surface area (TPSA) is 71.5 Å². The van der Waals surface area contributed by atoms with Crippen molar-refractivity contribution < 1.29 is 14.3 Å². The van der Waals surface area contributed by atoms with Gasteiger partial charge in [-0.3, -0.25) is 4.79 Å². The lowest BCUT2D eigenvalue weighted by atomic mass is 10.2. The van der Waals surface area contributed by atoms with Crippen LogP contribution in [0.2, 0.25) is 0 Å². The molecule has 138 valence electrons. The van der Waals surface area contributed by atoms with E-state index in [-0.39, 0.29) is 11.9 Å². The normalized spacial score (nSPS) is 10.3. The van der Waals surface area contributed by atoms with E-state index < -0.39 is 0 Å². The minimum atomic E-state index is -0.341. The monoisotopic (exact) mass is 355 g/mol. The summed E-state index contributed by atoms with van der Waals surface area (Å²) in [4.78, 5) is 29.9. The van der Waals surface area contributed by atoms with Gasteiger partial charge < -0.3 is 15.0 Å². The van der Waals surface area contributed by atoms with Crippen molar-refractivity contribution in [3.8, 4) is 0 Å². The summed E-state index contributed by atoms with van der Waals surface area (Å²) in [6, 6.07) is 10.5. The Morgan fingerprint density at radius 1 is 1.08 bits per heavy atom. The first-order valence-electron chi connectivity index (χ1n) is 8.80. The van der Waals surface area contributed by atoms with Gasteiger partial charge in [-0.05, 0) is 49.7 Å².